The number of halogens is 2. The lowest BCUT2D eigenvalue weighted by molar-refractivity contribution is -0.178. The van der Waals surface area contributed by atoms with Crippen molar-refractivity contribution >= 4 is 23.2 Å². The number of aliphatic hydroxyl groups excluding tert-OH is 1. The molecule has 1 aromatic heterocycles. The minimum Gasteiger partial charge on any atom is -0.394 e. The molecule has 1 saturated heterocycles. The maximum Gasteiger partial charge on any atom is 0.270 e. The Bertz CT molecular complexity index is 1030. The van der Waals surface area contributed by atoms with Crippen molar-refractivity contribution in [3.8, 4) is 0 Å². The van der Waals surface area contributed by atoms with Crippen LogP contribution in [0.1, 0.15) is 34.0 Å². The van der Waals surface area contributed by atoms with Gasteiger partial charge in [0.2, 0.25) is 0 Å². The fourth-order valence-electron chi connectivity index (χ4n) is 3.38. The number of benzene rings is 1. The van der Waals surface area contributed by atoms with Gasteiger partial charge in [0.05, 0.1) is 30.5 Å². The molecule has 3 atom stereocenters. The molecule has 1 unspecified atom stereocenters. The summed E-state index contributed by atoms with van der Waals surface area (Å²) in [6.45, 7) is 2.33. The number of carbonyl (C=O) groups excluding carboxylic acids is 1. The third-order valence-electron chi connectivity index (χ3n) is 5.11. The van der Waals surface area contributed by atoms with E-state index in [0.717, 1.165) is 0 Å². The Morgan fingerprint density at radius 2 is 2.09 bits per heavy atom. The number of nitrogens with zero attached hydrogens (tertiary/aromatic N) is 3. The quantitative estimate of drug-likeness (QED) is 0.669. The topological polar surface area (TPSA) is 115 Å². The van der Waals surface area contributed by atoms with Gasteiger partial charge in [-0.3, -0.25) is 4.79 Å². The molecule has 2 aliphatic rings. The van der Waals surface area contributed by atoms with Crippen molar-refractivity contribution in [1.29, 1.82) is 0 Å². The summed E-state index contributed by atoms with van der Waals surface area (Å²) in [5.74, 6) is -0.520. The van der Waals surface area contributed by atoms with Crippen LogP contribution in [0.3, 0.4) is 0 Å². The van der Waals surface area contributed by atoms with Gasteiger partial charge in [0.1, 0.15) is 35.3 Å². The molecule has 1 fully saturated rings. The summed E-state index contributed by atoms with van der Waals surface area (Å²) in [6.07, 6.45) is -0.555. The minimum absolute atomic E-state index is 0.00931. The summed E-state index contributed by atoms with van der Waals surface area (Å²) in [4.78, 5) is 26.7. The molecular weight excluding hydrogens is 443 g/mol. The van der Waals surface area contributed by atoms with Gasteiger partial charge in [-0.2, -0.15) is 0 Å². The monoisotopic (exact) mass is 464 g/mol. The zero-order valence-corrected chi connectivity index (χ0v) is 18.0. The standard InChI is InChI=1S/C21H22ClFN4O5/c1-11-25-16(17-6-19(32-27-17)20-10-30-13(8-28)9-31-20)5-18(26-11)21(29)24-7-12-2-3-15(23)14(22)4-12/h2-5,13,19-20,28H,6-10H2,1H3,(H,24,29)/t13-,19?,20-/m1/s1. The van der Waals surface area contributed by atoms with Gasteiger partial charge in [-0.1, -0.05) is 22.8 Å². The number of nitrogens with one attached hydrogen (secondary N) is 1. The number of amides is 1. The van der Waals surface area contributed by atoms with Crippen LogP contribution in [0.2, 0.25) is 5.02 Å². The van der Waals surface area contributed by atoms with Crippen molar-refractivity contribution < 1.29 is 28.6 Å². The lowest BCUT2D eigenvalue weighted by atomic mass is 10.0. The number of aryl methyl sites for hydroxylation is 1. The third-order valence-corrected chi connectivity index (χ3v) is 5.40. The zero-order valence-electron chi connectivity index (χ0n) is 17.3. The maximum absolute atomic E-state index is 13.3. The van der Waals surface area contributed by atoms with Gasteiger partial charge in [0.25, 0.3) is 5.91 Å². The predicted octanol–water partition coefficient (Wildman–Crippen LogP) is 1.78. The van der Waals surface area contributed by atoms with E-state index in [-0.39, 0.29) is 48.8 Å². The van der Waals surface area contributed by atoms with Crippen molar-refractivity contribution in [2.24, 2.45) is 5.16 Å². The number of hydrogen-bond acceptors (Lipinski definition) is 8. The lowest BCUT2D eigenvalue weighted by Gasteiger charge is -2.30. The van der Waals surface area contributed by atoms with Crippen LogP contribution in [0.4, 0.5) is 4.39 Å². The molecule has 1 amide bonds. The van der Waals surface area contributed by atoms with Crippen LogP contribution in [0.15, 0.2) is 29.4 Å². The van der Waals surface area contributed by atoms with E-state index in [2.05, 4.69) is 20.4 Å². The number of carbonyl (C=O) groups is 1. The number of aliphatic hydroxyl groups is 1. The van der Waals surface area contributed by atoms with Crippen LogP contribution in [-0.2, 0) is 20.9 Å². The Kier molecular flexibility index (Phi) is 6.95. The van der Waals surface area contributed by atoms with Crippen LogP contribution >= 0.6 is 11.6 Å². The molecule has 0 bridgehead atoms. The van der Waals surface area contributed by atoms with Gasteiger partial charge in [0, 0.05) is 13.0 Å². The highest BCUT2D eigenvalue weighted by molar-refractivity contribution is 6.30. The second-order valence-corrected chi connectivity index (χ2v) is 7.92. The van der Waals surface area contributed by atoms with E-state index in [1.807, 2.05) is 0 Å². The fraction of sp³-hybridized carbons (Fsp3) is 0.429. The lowest BCUT2D eigenvalue weighted by Crippen LogP contribution is -2.43. The summed E-state index contributed by atoms with van der Waals surface area (Å²) in [7, 11) is 0. The molecule has 170 valence electrons. The molecule has 3 heterocycles. The number of ether oxygens (including phenoxy) is 2. The molecule has 9 nitrogen and oxygen atoms in total. The van der Waals surface area contributed by atoms with Gasteiger partial charge < -0.3 is 24.7 Å². The Morgan fingerprint density at radius 1 is 1.25 bits per heavy atom. The predicted molar refractivity (Wildman–Crippen MR) is 112 cm³/mol. The minimum atomic E-state index is -0.519. The first-order valence-corrected chi connectivity index (χ1v) is 10.5. The zero-order chi connectivity index (χ0) is 22.7. The molecule has 2 aromatic rings. The Balaban J connectivity index is 1.39. The van der Waals surface area contributed by atoms with E-state index in [4.69, 9.17) is 31.0 Å². The van der Waals surface area contributed by atoms with Crippen LogP contribution in [-0.4, -0.2) is 64.8 Å². The second-order valence-electron chi connectivity index (χ2n) is 7.51. The van der Waals surface area contributed by atoms with Crippen molar-refractivity contribution in [3.63, 3.8) is 0 Å². The molecule has 0 radical (unpaired) electrons. The van der Waals surface area contributed by atoms with Crippen LogP contribution in [0.5, 0.6) is 0 Å². The molecule has 4 rings (SSSR count). The molecule has 11 heteroatoms. The Hall–Kier alpha value is -2.66. The van der Waals surface area contributed by atoms with Gasteiger partial charge >= 0.3 is 0 Å². The van der Waals surface area contributed by atoms with Crippen molar-refractivity contribution in [2.75, 3.05) is 19.8 Å². The summed E-state index contributed by atoms with van der Waals surface area (Å²) in [6, 6.07) is 5.79. The SMILES string of the molecule is Cc1nc(C(=O)NCc2ccc(F)c(Cl)c2)cc(C2=NOC([C@H]3CO[C@H](CO)CO3)C2)n1. The van der Waals surface area contributed by atoms with Crippen molar-refractivity contribution in [3.05, 3.63) is 57.9 Å². The average molecular weight is 465 g/mol. The van der Waals surface area contributed by atoms with E-state index in [0.29, 0.717) is 35.8 Å². The van der Waals surface area contributed by atoms with Gasteiger partial charge in [-0.25, -0.2) is 14.4 Å². The average Bonchev–Trinajstić information content (AvgIpc) is 3.30. The molecular formula is C21H22ClFN4O5. The van der Waals surface area contributed by atoms with E-state index >= 15 is 0 Å². The van der Waals surface area contributed by atoms with E-state index in [1.54, 1.807) is 19.1 Å². The summed E-state index contributed by atoms with van der Waals surface area (Å²) in [5.41, 5.74) is 1.90. The van der Waals surface area contributed by atoms with E-state index in [9.17, 15) is 9.18 Å². The van der Waals surface area contributed by atoms with Crippen LogP contribution < -0.4 is 5.32 Å². The third kappa shape index (κ3) is 5.21. The fourth-order valence-corrected chi connectivity index (χ4v) is 3.58. The first-order chi connectivity index (χ1) is 15.4. The Labute approximate surface area is 188 Å². The highest BCUT2D eigenvalue weighted by atomic mass is 35.5. The number of aromatic nitrogens is 2. The summed E-state index contributed by atoms with van der Waals surface area (Å²) < 4.78 is 24.5. The molecule has 0 spiro atoms. The molecule has 2 N–H and O–H groups in total. The normalized spacial score (nSPS) is 22.9. The van der Waals surface area contributed by atoms with E-state index in [1.165, 1.54) is 12.1 Å². The Morgan fingerprint density at radius 3 is 2.81 bits per heavy atom. The van der Waals surface area contributed by atoms with Crippen LogP contribution in [0.25, 0.3) is 0 Å². The molecule has 0 saturated carbocycles. The van der Waals surface area contributed by atoms with Gasteiger partial charge in [0.15, 0.2) is 6.10 Å². The first-order valence-electron chi connectivity index (χ1n) is 10.1. The molecule has 32 heavy (non-hydrogen) atoms. The summed E-state index contributed by atoms with van der Waals surface area (Å²) in [5, 5.41) is 16.0. The van der Waals surface area contributed by atoms with Gasteiger partial charge in [-0.15, -0.1) is 0 Å². The number of oxime groups is 1. The van der Waals surface area contributed by atoms with E-state index < -0.39 is 11.7 Å². The van der Waals surface area contributed by atoms with Gasteiger partial charge in [-0.05, 0) is 30.7 Å². The van der Waals surface area contributed by atoms with Crippen LogP contribution in [0, 0.1) is 12.7 Å². The number of rotatable bonds is 6. The highest BCUT2D eigenvalue weighted by Gasteiger charge is 2.35. The molecule has 2 aliphatic heterocycles. The highest BCUT2D eigenvalue weighted by Crippen LogP contribution is 2.23. The first kappa shape index (κ1) is 22.5. The molecule has 0 aliphatic carbocycles. The maximum atomic E-state index is 13.3. The van der Waals surface area contributed by atoms with Crippen molar-refractivity contribution in [1.82, 2.24) is 15.3 Å². The smallest absolute Gasteiger partial charge is 0.270 e. The number of hydrogen-bond donors (Lipinski definition) is 2. The molecule has 1 aromatic carbocycles. The van der Waals surface area contributed by atoms with Crippen molar-refractivity contribution in [2.45, 2.75) is 38.2 Å². The largest absolute Gasteiger partial charge is 0.394 e. The summed E-state index contributed by atoms with van der Waals surface area (Å²) >= 11 is 5.78. The second kappa shape index (κ2) is 9.86.